The van der Waals surface area contributed by atoms with Crippen molar-refractivity contribution >= 4 is 5.91 Å². The molecular formula is C19H26N2O. The fourth-order valence-electron chi connectivity index (χ4n) is 5.68. The molecule has 1 heterocycles. The number of amides is 1. The van der Waals surface area contributed by atoms with Crippen molar-refractivity contribution < 1.29 is 4.79 Å². The van der Waals surface area contributed by atoms with E-state index in [0.717, 1.165) is 36.3 Å². The minimum Gasteiger partial charge on any atom is -0.356 e. The van der Waals surface area contributed by atoms with Gasteiger partial charge in [0.2, 0.25) is 5.91 Å². The first-order valence-corrected chi connectivity index (χ1v) is 8.86. The van der Waals surface area contributed by atoms with E-state index >= 15 is 0 Å². The second-order valence-electron chi connectivity index (χ2n) is 8.06. The molecule has 118 valence electrons. The van der Waals surface area contributed by atoms with E-state index in [1.165, 1.54) is 38.5 Å². The van der Waals surface area contributed by atoms with Crippen LogP contribution in [0.1, 0.15) is 50.5 Å². The molecule has 0 aromatic carbocycles. The Balaban J connectivity index is 1.28. The molecule has 4 aliphatic rings. The predicted octanol–water partition coefficient (Wildman–Crippen LogP) is 3.35. The van der Waals surface area contributed by atoms with Gasteiger partial charge in [0.25, 0.3) is 0 Å². The first-order valence-electron chi connectivity index (χ1n) is 8.86. The lowest BCUT2D eigenvalue weighted by Gasteiger charge is -2.56. The average molecular weight is 298 g/mol. The summed E-state index contributed by atoms with van der Waals surface area (Å²) < 4.78 is 0. The van der Waals surface area contributed by atoms with Gasteiger partial charge >= 0.3 is 0 Å². The van der Waals surface area contributed by atoms with Gasteiger partial charge in [0, 0.05) is 25.4 Å². The quantitative estimate of drug-likeness (QED) is 0.906. The van der Waals surface area contributed by atoms with Crippen LogP contribution in [-0.2, 0) is 11.2 Å². The molecule has 1 aromatic rings. The number of carbonyl (C=O) groups excluding carboxylic acids is 1. The molecule has 0 atom stereocenters. The Bertz CT molecular complexity index is 504. The second-order valence-corrected chi connectivity index (χ2v) is 8.06. The highest BCUT2D eigenvalue weighted by molar-refractivity contribution is 5.76. The normalized spacial score (nSPS) is 35.5. The van der Waals surface area contributed by atoms with E-state index in [0.29, 0.717) is 11.8 Å². The summed E-state index contributed by atoms with van der Waals surface area (Å²) in [5.41, 5.74) is 1.59. The van der Waals surface area contributed by atoms with E-state index < -0.39 is 0 Å². The molecular weight excluding hydrogens is 272 g/mol. The lowest BCUT2D eigenvalue weighted by molar-refractivity contribution is -0.123. The summed E-state index contributed by atoms with van der Waals surface area (Å²) in [6, 6.07) is 3.97. The molecule has 0 unspecified atom stereocenters. The summed E-state index contributed by atoms with van der Waals surface area (Å²) in [4.78, 5) is 16.3. The van der Waals surface area contributed by atoms with Gasteiger partial charge in [0.05, 0.1) is 0 Å². The summed E-state index contributed by atoms with van der Waals surface area (Å²) in [6.45, 7) is 0.919. The molecule has 4 fully saturated rings. The third-order valence-corrected chi connectivity index (χ3v) is 6.19. The summed E-state index contributed by atoms with van der Waals surface area (Å²) >= 11 is 0. The van der Waals surface area contributed by atoms with Gasteiger partial charge in [-0.1, -0.05) is 6.07 Å². The maximum Gasteiger partial charge on any atom is 0.220 e. The van der Waals surface area contributed by atoms with E-state index in [4.69, 9.17) is 0 Å². The van der Waals surface area contributed by atoms with E-state index in [9.17, 15) is 4.79 Å². The van der Waals surface area contributed by atoms with Crippen molar-refractivity contribution in [2.75, 3.05) is 6.54 Å². The van der Waals surface area contributed by atoms with Gasteiger partial charge in [-0.05, 0) is 79.7 Å². The monoisotopic (exact) mass is 298 g/mol. The van der Waals surface area contributed by atoms with E-state index in [2.05, 4.69) is 10.3 Å². The minimum absolute atomic E-state index is 0.208. The van der Waals surface area contributed by atoms with Crippen molar-refractivity contribution in [3.8, 4) is 0 Å². The number of nitrogens with zero attached hydrogens (tertiary/aromatic N) is 1. The summed E-state index contributed by atoms with van der Waals surface area (Å²) in [5.74, 6) is 3.08. The summed E-state index contributed by atoms with van der Waals surface area (Å²) in [6.07, 6.45) is 13.5. The van der Waals surface area contributed by atoms with Crippen molar-refractivity contribution in [2.24, 2.45) is 23.2 Å². The van der Waals surface area contributed by atoms with Crippen LogP contribution < -0.4 is 5.32 Å². The second kappa shape index (κ2) is 5.68. The Hall–Kier alpha value is -1.38. The van der Waals surface area contributed by atoms with Gasteiger partial charge in [0.1, 0.15) is 0 Å². The fourth-order valence-corrected chi connectivity index (χ4v) is 5.68. The van der Waals surface area contributed by atoms with Gasteiger partial charge in [-0.3, -0.25) is 9.78 Å². The first kappa shape index (κ1) is 14.2. The number of carbonyl (C=O) groups is 1. The number of hydrogen-bond donors (Lipinski definition) is 1. The van der Waals surface area contributed by atoms with Crippen LogP contribution >= 0.6 is 0 Å². The Morgan fingerprint density at radius 1 is 1.18 bits per heavy atom. The minimum atomic E-state index is 0.208. The Labute approximate surface area is 132 Å². The van der Waals surface area contributed by atoms with Crippen molar-refractivity contribution in [3.63, 3.8) is 0 Å². The number of aryl methyl sites for hydroxylation is 1. The molecule has 5 rings (SSSR count). The molecule has 3 nitrogen and oxygen atoms in total. The van der Waals surface area contributed by atoms with Crippen LogP contribution in [0, 0.1) is 23.2 Å². The van der Waals surface area contributed by atoms with Gasteiger partial charge in [-0.15, -0.1) is 0 Å². The van der Waals surface area contributed by atoms with Crippen molar-refractivity contribution in [1.29, 1.82) is 0 Å². The third-order valence-electron chi connectivity index (χ3n) is 6.19. The lowest BCUT2D eigenvalue weighted by atomic mass is 9.49. The highest BCUT2D eigenvalue weighted by Gasteiger charge is 2.50. The zero-order chi connectivity index (χ0) is 15.0. The molecule has 1 N–H and O–H groups in total. The molecule has 0 aliphatic heterocycles. The number of hydrogen-bond acceptors (Lipinski definition) is 2. The molecule has 1 aromatic heterocycles. The number of aromatic nitrogens is 1. The van der Waals surface area contributed by atoms with Crippen LogP contribution in [0.25, 0.3) is 0 Å². The molecule has 22 heavy (non-hydrogen) atoms. The zero-order valence-electron chi connectivity index (χ0n) is 13.3. The van der Waals surface area contributed by atoms with Gasteiger partial charge in [-0.25, -0.2) is 0 Å². The van der Waals surface area contributed by atoms with Gasteiger partial charge in [0.15, 0.2) is 0 Å². The summed E-state index contributed by atoms with van der Waals surface area (Å²) in [5, 5.41) is 3.25. The van der Waals surface area contributed by atoms with Gasteiger partial charge in [-0.2, -0.15) is 0 Å². The van der Waals surface area contributed by atoms with Crippen molar-refractivity contribution in [2.45, 2.75) is 51.4 Å². The van der Waals surface area contributed by atoms with Crippen LogP contribution in [0.5, 0.6) is 0 Å². The molecule has 3 heteroatoms. The molecule has 1 amide bonds. The highest BCUT2D eigenvalue weighted by atomic mass is 16.1. The van der Waals surface area contributed by atoms with Crippen LogP contribution in [-0.4, -0.2) is 17.4 Å². The standard InChI is InChI=1S/C19H26N2O/c22-18(4-3-14-2-1-5-20-12-14)21-13-19-9-15-6-16(10-19)8-17(7-15)11-19/h1-2,5,12,15-17H,3-4,6-11,13H2,(H,21,22). The van der Waals surface area contributed by atoms with Crippen LogP contribution in [0.4, 0.5) is 0 Å². The lowest BCUT2D eigenvalue weighted by Crippen LogP contribution is -2.51. The van der Waals surface area contributed by atoms with Crippen molar-refractivity contribution in [3.05, 3.63) is 30.1 Å². The zero-order valence-corrected chi connectivity index (χ0v) is 13.3. The molecule has 4 saturated carbocycles. The fraction of sp³-hybridized carbons (Fsp3) is 0.684. The summed E-state index contributed by atoms with van der Waals surface area (Å²) in [7, 11) is 0. The topological polar surface area (TPSA) is 42.0 Å². The molecule has 4 aliphatic carbocycles. The maximum atomic E-state index is 12.2. The predicted molar refractivity (Wildman–Crippen MR) is 86.2 cm³/mol. The Kier molecular flexibility index (Phi) is 3.67. The van der Waals surface area contributed by atoms with Crippen LogP contribution in [0.2, 0.25) is 0 Å². The third kappa shape index (κ3) is 2.90. The highest BCUT2D eigenvalue weighted by Crippen LogP contribution is 2.59. The number of pyridine rings is 1. The molecule has 4 bridgehead atoms. The van der Waals surface area contributed by atoms with E-state index in [1.807, 2.05) is 18.3 Å². The maximum absolute atomic E-state index is 12.2. The van der Waals surface area contributed by atoms with Crippen molar-refractivity contribution in [1.82, 2.24) is 10.3 Å². The SMILES string of the molecule is O=C(CCc1cccnc1)NCC12CC3CC(CC(C3)C1)C2. The van der Waals surface area contributed by atoms with E-state index in [1.54, 1.807) is 6.20 Å². The Morgan fingerprint density at radius 3 is 2.45 bits per heavy atom. The average Bonchev–Trinajstić information content (AvgIpc) is 2.51. The van der Waals surface area contributed by atoms with Gasteiger partial charge < -0.3 is 5.32 Å². The molecule has 0 saturated heterocycles. The largest absolute Gasteiger partial charge is 0.356 e. The van der Waals surface area contributed by atoms with Crippen LogP contribution in [0.15, 0.2) is 24.5 Å². The smallest absolute Gasteiger partial charge is 0.220 e. The molecule has 0 radical (unpaired) electrons. The van der Waals surface area contributed by atoms with E-state index in [-0.39, 0.29) is 5.91 Å². The number of nitrogens with one attached hydrogen (secondary N) is 1. The van der Waals surface area contributed by atoms with Crippen LogP contribution in [0.3, 0.4) is 0 Å². The Morgan fingerprint density at radius 2 is 1.86 bits per heavy atom. The molecule has 0 spiro atoms. The number of rotatable bonds is 5. The first-order chi connectivity index (χ1) is 10.7.